The van der Waals surface area contributed by atoms with Gasteiger partial charge in [0.15, 0.2) is 0 Å². The number of quaternary nitrogens is 1. The molecule has 1 N–H and O–H groups in total. The van der Waals surface area contributed by atoms with Crippen LogP contribution in [0.5, 0.6) is 0 Å². The first-order valence-electron chi connectivity index (χ1n) is 32.7. The van der Waals surface area contributed by atoms with Gasteiger partial charge in [-0.2, -0.15) is 0 Å². The van der Waals surface area contributed by atoms with Crippen LogP contribution in [0.2, 0.25) is 0 Å². The molecule has 454 valence electrons. The summed E-state index contributed by atoms with van der Waals surface area (Å²) < 4.78 is 30.3. The quantitative estimate of drug-likeness (QED) is 0.0212. The average Bonchev–Trinajstić information content (AvgIpc) is 3.40. The molecule has 0 aliphatic rings. The van der Waals surface area contributed by atoms with Crippen LogP contribution < -0.4 is 10.2 Å². The number of phosphoric acid groups is 1. The molecule has 0 radical (unpaired) electrons. The molecular formula is C68H125N2O7P. The van der Waals surface area contributed by atoms with Crippen LogP contribution in [0.15, 0.2) is 72.9 Å². The van der Waals surface area contributed by atoms with E-state index in [2.05, 4.69) is 86.8 Å². The molecule has 0 fully saturated rings. The van der Waals surface area contributed by atoms with Crippen molar-refractivity contribution in [1.29, 1.82) is 0 Å². The van der Waals surface area contributed by atoms with Gasteiger partial charge in [0, 0.05) is 12.8 Å². The Morgan fingerprint density at radius 3 is 1.24 bits per heavy atom. The van der Waals surface area contributed by atoms with E-state index in [0.717, 1.165) is 89.9 Å². The molecule has 1 amide bonds. The van der Waals surface area contributed by atoms with Crippen molar-refractivity contribution in [2.24, 2.45) is 0 Å². The lowest BCUT2D eigenvalue weighted by Gasteiger charge is -2.30. The standard InChI is InChI=1S/C68H125N2O7P/c1-7-10-13-16-19-22-25-28-30-32-34-35-37-39-41-43-46-49-52-55-58-61-68(72)77-66(59-56-53-50-47-44-27-24-21-18-15-12-9-3)65(64-76-78(73,74)75-63-62-70(4,5)6)69-67(71)60-57-54-51-48-45-42-40-38-36-33-31-29-26-23-20-17-14-11-8-2/h11,14,20,23,29,31,36,38,42,45,56,59,65-66H,7-10,12-13,15-19,21-22,24-28,30,32-35,37,39-41,43-44,46-55,57-58,60-64H2,1-6H3,(H-,69,71,73,74)/b14-11-,23-20-,31-29-,38-36-,45-42-,59-56+. The summed E-state index contributed by atoms with van der Waals surface area (Å²) in [6.07, 6.45) is 74.5. The van der Waals surface area contributed by atoms with Crippen LogP contribution >= 0.6 is 7.82 Å². The summed E-state index contributed by atoms with van der Waals surface area (Å²) in [5.74, 6) is -0.571. The summed E-state index contributed by atoms with van der Waals surface area (Å²) in [4.78, 5) is 40.0. The Hall–Kier alpha value is -2.55. The minimum atomic E-state index is -4.71. The minimum absolute atomic E-state index is 0.0302. The lowest BCUT2D eigenvalue weighted by Crippen LogP contribution is -2.47. The van der Waals surface area contributed by atoms with Gasteiger partial charge in [-0.05, 0) is 76.7 Å². The molecule has 3 atom stereocenters. The van der Waals surface area contributed by atoms with Gasteiger partial charge in [0.25, 0.3) is 7.82 Å². The Balaban J connectivity index is 5.22. The van der Waals surface area contributed by atoms with Gasteiger partial charge in [0.2, 0.25) is 5.91 Å². The first-order chi connectivity index (χ1) is 37.9. The van der Waals surface area contributed by atoms with Crippen molar-refractivity contribution in [3.63, 3.8) is 0 Å². The molecular weight excluding hydrogens is 988 g/mol. The number of carbonyl (C=O) groups excluding carboxylic acids is 2. The Bertz CT molecular complexity index is 1570. The van der Waals surface area contributed by atoms with Crippen molar-refractivity contribution in [3.8, 4) is 0 Å². The van der Waals surface area contributed by atoms with E-state index >= 15 is 0 Å². The Morgan fingerprint density at radius 2 is 0.821 bits per heavy atom. The van der Waals surface area contributed by atoms with Crippen molar-refractivity contribution >= 4 is 19.7 Å². The number of nitrogens with one attached hydrogen (secondary N) is 1. The highest BCUT2D eigenvalue weighted by Gasteiger charge is 2.27. The molecule has 10 heteroatoms. The maximum Gasteiger partial charge on any atom is 0.306 e. The highest BCUT2D eigenvalue weighted by molar-refractivity contribution is 7.45. The number of esters is 1. The summed E-state index contributed by atoms with van der Waals surface area (Å²) in [5.41, 5.74) is 0. The first-order valence-corrected chi connectivity index (χ1v) is 34.2. The highest BCUT2D eigenvalue weighted by Crippen LogP contribution is 2.38. The van der Waals surface area contributed by atoms with E-state index in [-0.39, 0.29) is 31.3 Å². The number of hydrogen-bond acceptors (Lipinski definition) is 7. The molecule has 78 heavy (non-hydrogen) atoms. The van der Waals surface area contributed by atoms with Crippen molar-refractivity contribution in [1.82, 2.24) is 5.32 Å². The maximum absolute atomic E-state index is 13.5. The molecule has 0 bridgehead atoms. The van der Waals surface area contributed by atoms with Gasteiger partial charge in [0.05, 0.1) is 33.8 Å². The number of unbranched alkanes of at least 4 members (excludes halogenated alkanes) is 33. The number of likely N-dealkylation sites (N-methyl/N-ethyl adjacent to an activating group) is 1. The molecule has 0 saturated heterocycles. The fraction of sp³-hybridized carbons (Fsp3) is 0.794. The van der Waals surface area contributed by atoms with Gasteiger partial charge in [-0.1, -0.05) is 280 Å². The predicted molar refractivity (Wildman–Crippen MR) is 335 cm³/mol. The van der Waals surface area contributed by atoms with Crippen LogP contribution in [0.1, 0.15) is 297 Å². The summed E-state index contributed by atoms with van der Waals surface area (Å²) >= 11 is 0. The van der Waals surface area contributed by atoms with E-state index in [1.165, 1.54) is 167 Å². The van der Waals surface area contributed by atoms with Crippen LogP contribution in [-0.4, -0.2) is 69.4 Å². The third-order valence-electron chi connectivity index (χ3n) is 14.4. The van der Waals surface area contributed by atoms with Crippen LogP contribution in [0.4, 0.5) is 0 Å². The van der Waals surface area contributed by atoms with Crippen LogP contribution in [0, 0.1) is 0 Å². The smallest absolute Gasteiger partial charge is 0.306 e. The van der Waals surface area contributed by atoms with Crippen molar-refractivity contribution < 1.29 is 37.3 Å². The molecule has 0 rings (SSSR count). The number of nitrogens with zero attached hydrogens (tertiary/aromatic N) is 1. The second kappa shape index (κ2) is 57.7. The number of carbonyl (C=O) groups is 2. The van der Waals surface area contributed by atoms with Gasteiger partial charge < -0.3 is 28.5 Å². The second-order valence-electron chi connectivity index (χ2n) is 23.2. The fourth-order valence-corrected chi connectivity index (χ4v) is 10.1. The number of allylic oxidation sites excluding steroid dienone is 11. The molecule has 3 unspecified atom stereocenters. The van der Waals surface area contributed by atoms with Crippen LogP contribution in [0.3, 0.4) is 0 Å². The van der Waals surface area contributed by atoms with E-state index < -0.39 is 26.6 Å². The monoisotopic (exact) mass is 1110 g/mol. The topological polar surface area (TPSA) is 114 Å². The van der Waals surface area contributed by atoms with Crippen LogP contribution in [0.25, 0.3) is 0 Å². The van der Waals surface area contributed by atoms with E-state index in [0.29, 0.717) is 17.4 Å². The lowest BCUT2D eigenvalue weighted by atomic mass is 10.0. The zero-order valence-corrected chi connectivity index (χ0v) is 52.8. The van der Waals surface area contributed by atoms with E-state index in [1.54, 1.807) is 0 Å². The van der Waals surface area contributed by atoms with Gasteiger partial charge >= 0.3 is 5.97 Å². The Labute approximate surface area is 483 Å². The molecule has 0 aromatic rings. The molecule has 0 saturated carbocycles. The third-order valence-corrected chi connectivity index (χ3v) is 15.4. The van der Waals surface area contributed by atoms with E-state index in [9.17, 15) is 19.0 Å². The molecule has 0 heterocycles. The van der Waals surface area contributed by atoms with Crippen molar-refractivity contribution in [2.45, 2.75) is 309 Å². The number of amides is 1. The molecule has 0 aromatic heterocycles. The maximum atomic E-state index is 13.5. The van der Waals surface area contributed by atoms with Gasteiger partial charge in [-0.25, -0.2) is 0 Å². The zero-order chi connectivity index (χ0) is 57.2. The molecule has 0 aliphatic carbocycles. The summed E-state index contributed by atoms with van der Waals surface area (Å²) in [7, 11) is 1.16. The lowest BCUT2D eigenvalue weighted by molar-refractivity contribution is -0.870. The summed E-state index contributed by atoms with van der Waals surface area (Å²) in [6, 6.07) is -0.907. The second-order valence-corrected chi connectivity index (χ2v) is 24.7. The van der Waals surface area contributed by atoms with Gasteiger partial charge in [-0.15, -0.1) is 0 Å². The third kappa shape index (κ3) is 58.1. The molecule has 9 nitrogen and oxygen atoms in total. The van der Waals surface area contributed by atoms with Crippen LogP contribution in [-0.2, 0) is 27.9 Å². The number of phosphoric ester groups is 1. The Morgan fingerprint density at radius 1 is 0.462 bits per heavy atom. The number of rotatable bonds is 59. The highest BCUT2D eigenvalue weighted by atomic mass is 31.2. The van der Waals surface area contributed by atoms with Gasteiger partial charge in [-0.3, -0.25) is 14.2 Å². The number of ether oxygens (including phenoxy) is 1. The summed E-state index contributed by atoms with van der Waals surface area (Å²) in [5, 5.41) is 3.02. The molecule has 0 aromatic carbocycles. The van der Waals surface area contributed by atoms with E-state index in [1.807, 2.05) is 33.3 Å². The SMILES string of the molecule is CC/C=C\C/C=C\C/C=C\C/C=C\C/C=C\CCCCCC(=O)NC(COP(=O)([O-])OCC[N+](C)(C)C)C(/C=C/CCCCCCCCCCCC)OC(=O)CCCCCCCCCCCCCCCCCCCCCCC. The van der Waals surface area contributed by atoms with E-state index in [4.69, 9.17) is 13.8 Å². The van der Waals surface area contributed by atoms with Crippen molar-refractivity contribution in [3.05, 3.63) is 72.9 Å². The summed E-state index contributed by atoms with van der Waals surface area (Å²) in [6.45, 7) is 6.73. The fourth-order valence-electron chi connectivity index (χ4n) is 9.37. The Kier molecular flexibility index (Phi) is 55.8. The molecule has 0 aliphatic heterocycles. The largest absolute Gasteiger partial charge is 0.756 e. The predicted octanol–water partition coefficient (Wildman–Crippen LogP) is 19.8. The van der Waals surface area contributed by atoms with Gasteiger partial charge in [0.1, 0.15) is 19.3 Å². The van der Waals surface area contributed by atoms with Crippen molar-refractivity contribution in [2.75, 3.05) is 40.9 Å². The zero-order valence-electron chi connectivity index (χ0n) is 51.9. The first kappa shape index (κ1) is 75.5. The average molecular weight is 1110 g/mol. The molecule has 0 spiro atoms. The normalized spacial score (nSPS) is 14.1. The number of hydrogen-bond donors (Lipinski definition) is 1. The minimum Gasteiger partial charge on any atom is -0.756 e.